The molecule has 2 aromatic heterocycles. The van der Waals surface area contributed by atoms with E-state index in [4.69, 9.17) is 9.47 Å². The van der Waals surface area contributed by atoms with E-state index < -0.39 is 0 Å². The van der Waals surface area contributed by atoms with Crippen LogP contribution in [0, 0.1) is 5.82 Å². The Hall–Kier alpha value is -4.15. The van der Waals surface area contributed by atoms with Crippen molar-refractivity contribution >= 4 is 22.7 Å². The summed E-state index contributed by atoms with van der Waals surface area (Å²) < 4.78 is 24.4. The molecule has 1 fully saturated rings. The summed E-state index contributed by atoms with van der Waals surface area (Å²) >= 11 is 0. The molecular weight excluding hydrogens is 501 g/mol. The molecule has 5 rings (SSSR count). The largest absolute Gasteiger partial charge is 0.438 e. The zero-order valence-electron chi connectivity index (χ0n) is 21.5. The number of carbonyl (C=O) groups is 2. The van der Waals surface area contributed by atoms with Gasteiger partial charge in [-0.15, -0.1) is 0 Å². The van der Waals surface area contributed by atoms with Gasteiger partial charge in [0.15, 0.2) is 0 Å². The number of ether oxygens (including phenoxy) is 2. The summed E-state index contributed by atoms with van der Waals surface area (Å²) in [7, 11) is 0. The molecule has 4 aromatic rings. The molecule has 39 heavy (non-hydrogen) atoms. The molecule has 3 heterocycles. The second-order valence-corrected chi connectivity index (χ2v) is 9.45. The minimum absolute atomic E-state index is 0.0343. The Morgan fingerprint density at radius 1 is 1.00 bits per heavy atom. The predicted molar refractivity (Wildman–Crippen MR) is 143 cm³/mol. The summed E-state index contributed by atoms with van der Waals surface area (Å²) in [5, 5.41) is 3.54. The Labute approximate surface area is 225 Å². The van der Waals surface area contributed by atoms with Gasteiger partial charge in [0.05, 0.1) is 18.6 Å². The van der Waals surface area contributed by atoms with Crippen LogP contribution in [0.5, 0.6) is 11.6 Å². The van der Waals surface area contributed by atoms with E-state index in [1.54, 1.807) is 30.3 Å². The van der Waals surface area contributed by atoms with Crippen molar-refractivity contribution < 1.29 is 23.5 Å². The van der Waals surface area contributed by atoms with Crippen LogP contribution in [0.2, 0.25) is 0 Å². The van der Waals surface area contributed by atoms with Crippen LogP contribution in [-0.4, -0.2) is 70.9 Å². The highest BCUT2D eigenvalue weighted by molar-refractivity contribution is 5.98. The van der Waals surface area contributed by atoms with E-state index in [1.165, 1.54) is 18.5 Å². The third-order valence-corrected chi connectivity index (χ3v) is 6.53. The molecule has 2 aromatic carbocycles. The van der Waals surface area contributed by atoms with Crippen molar-refractivity contribution in [1.82, 2.24) is 25.2 Å². The Kier molecular flexibility index (Phi) is 8.55. The number of hydrogen-bond donors (Lipinski definition) is 2. The first kappa shape index (κ1) is 26.5. The average molecular weight is 532 g/mol. The topological polar surface area (TPSA) is 109 Å². The van der Waals surface area contributed by atoms with Crippen molar-refractivity contribution in [2.75, 3.05) is 39.4 Å². The molecular formula is C29H30FN5O4. The van der Waals surface area contributed by atoms with Crippen molar-refractivity contribution in [3.8, 4) is 11.6 Å². The number of nitrogens with one attached hydrogen (secondary N) is 2. The number of aromatic amines is 1. The lowest BCUT2D eigenvalue weighted by molar-refractivity contribution is -0.117. The molecule has 2 N–H and O–H groups in total. The van der Waals surface area contributed by atoms with E-state index in [2.05, 4.69) is 25.2 Å². The fourth-order valence-corrected chi connectivity index (χ4v) is 4.45. The monoisotopic (exact) mass is 531 g/mol. The zero-order chi connectivity index (χ0) is 27.0. The van der Waals surface area contributed by atoms with Gasteiger partial charge < -0.3 is 19.8 Å². The van der Waals surface area contributed by atoms with Crippen LogP contribution in [-0.2, 0) is 22.4 Å². The number of ketones is 1. The maximum absolute atomic E-state index is 13.1. The third-order valence-electron chi connectivity index (χ3n) is 6.53. The van der Waals surface area contributed by atoms with E-state index >= 15 is 0 Å². The minimum Gasteiger partial charge on any atom is -0.438 e. The SMILES string of the molecule is O=C(Cc1ccc(F)cc1)Cc1ccc(Oc2ncnc3[nH]c(C(=O)NCCCN4CCOCC4)cc23)cc1. The number of morpholine rings is 1. The lowest BCUT2D eigenvalue weighted by Gasteiger charge is -2.26. The maximum atomic E-state index is 13.1. The number of benzene rings is 2. The Bertz CT molecular complexity index is 1420. The van der Waals surface area contributed by atoms with Crippen molar-refractivity contribution in [3.63, 3.8) is 0 Å². The lowest BCUT2D eigenvalue weighted by Crippen LogP contribution is -2.38. The zero-order valence-corrected chi connectivity index (χ0v) is 21.5. The van der Waals surface area contributed by atoms with Crippen molar-refractivity contribution in [1.29, 1.82) is 0 Å². The molecule has 1 aliphatic rings. The Morgan fingerprint density at radius 3 is 2.41 bits per heavy atom. The highest BCUT2D eigenvalue weighted by Gasteiger charge is 2.15. The molecule has 0 atom stereocenters. The number of nitrogens with zero attached hydrogens (tertiary/aromatic N) is 3. The van der Waals surface area contributed by atoms with Crippen LogP contribution in [0.3, 0.4) is 0 Å². The summed E-state index contributed by atoms with van der Waals surface area (Å²) in [6.07, 6.45) is 2.74. The van der Waals surface area contributed by atoms with Gasteiger partial charge in [-0.2, -0.15) is 0 Å². The smallest absolute Gasteiger partial charge is 0.267 e. The Balaban J connectivity index is 1.15. The van der Waals surface area contributed by atoms with Gasteiger partial charge in [0.25, 0.3) is 5.91 Å². The Morgan fingerprint density at radius 2 is 1.69 bits per heavy atom. The number of amides is 1. The number of carbonyl (C=O) groups excluding carboxylic acids is 2. The summed E-state index contributed by atoms with van der Waals surface area (Å²) in [5.41, 5.74) is 2.51. The van der Waals surface area contributed by atoms with Crippen molar-refractivity contribution in [2.45, 2.75) is 19.3 Å². The van der Waals surface area contributed by atoms with Crippen LogP contribution in [0.25, 0.3) is 11.0 Å². The van der Waals surface area contributed by atoms with Crippen LogP contribution in [0.4, 0.5) is 4.39 Å². The van der Waals surface area contributed by atoms with Crippen molar-refractivity contribution in [2.24, 2.45) is 0 Å². The van der Waals surface area contributed by atoms with Crippen LogP contribution in [0.1, 0.15) is 28.0 Å². The molecule has 1 saturated heterocycles. The summed E-state index contributed by atoms with van der Waals surface area (Å²) in [6.45, 7) is 4.86. The van der Waals surface area contributed by atoms with E-state index in [0.717, 1.165) is 50.4 Å². The van der Waals surface area contributed by atoms with Gasteiger partial charge in [0.1, 0.15) is 35.0 Å². The molecule has 1 amide bonds. The second-order valence-electron chi connectivity index (χ2n) is 9.45. The molecule has 9 nitrogen and oxygen atoms in total. The first-order chi connectivity index (χ1) is 19.0. The number of rotatable bonds is 11. The molecule has 202 valence electrons. The van der Waals surface area contributed by atoms with Crippen LogP contribution in [0.15, 0.2) is 60.9 Å². The van der Waals surface area contributed by atoms with Crippen LogP contribution >= 0.6 is 0 Å². The molecule has 0 saturated carbocycles. The highest BCUT2D eigenvalue weighted by atomic mass is 19.1. The second kappa shape index (κ2) is 12.6. The van der Waals surface area contributed by atoms with Gasteiger partial charge in [-0.05, 0) is 54.4 Å². The fraction of sp³-hybridized carbons (Fsp3) is 0.310. The number of halogens is 1. The summed E-state index contributed by atoms with van der Waals surface area (Å²) in [5.74, 6) is 0.363. The van der Waals surface area contributed by atoms with Crippen molar-refractivity contribution in [3.05, 3.63) is 83.6 Å². The van der Waals surface area contributed by atoms with E-state index in [-0.39, 0.29) is 30.3 Å². The van der Waals surface area contributed by atoms with Gasteiger partial charge in [0.2, 0.25) is 5.88 Å². The maximum Gasteiger partial charge on any atom is 0.267 e. The average Bonchev–Trinajstić information content (AvgIpc) is 3.40. The highest BCUT2D eigenvalue weighted by Crippen LogP contribution is 2.27. The number of aromatic nitrogens is 3. The number of H-pyrrole nitrogens is 1. The first-order valence-corrected chi connectivity index (χ1v) is 13.0. The lowest BCUT2D eigenvalue weighted by atomic mass is 10.0. The molecule has 10 heteroatoms. The number of hydrogen-bond acceptors (Lipinski definition) is 7. The molecule has 0 aliphatic carbocycles. The van der Waals surface area contributed by atoms with E-state index in [0.29, 0.717) is 34.9 Å². The number of Topliss-reactive ketones (excluding diaryl/α,β-unsaturated/α-hetero) is 1. The minimum atomic E-state index is -0.322. The first-order valence-electron chi connectivity index (χ1n) is 13.0. The van der Waals surface area contributed by atoms with E-state index in [1.807, 2.05) is 12.1 Å². The van der Waals surface area contributed by atoms with Gasteiger partial charge in [-0.1, -0.05) is 24.3 Å². The van der Waals surface area contributed by atoms with Crippen LogP contribution < -0.4 is 10.1 Å². The van der Waals surface area contributed by atoms with Gasteiger partial charge >= 0.3 is 0 Å². The molecule has 0 spiro atoms. The fourth-order valence-electron chi connectivity index (χ4n) is 4.45. The molecule has 1 aliphatic heterocycles. The van der Waals surface area contributed by atoms with E-state index in [9.17, 15) is 14.0 Å². The third kappa shape index (κ3) is 7.24. The van der Waals surface area contributed by atoms with Gasteiger partial charge in [-0.25, -0.2) is 14.4 Å². The van der Waals surface area contributed by atoms with Gasteiger partial charge in [-0.3, -0.25) is 14.5 Å². The molecule has 0 unspecified atom stereocenters. The normalized spacial score (nSPS) is 13.9. The number of fused-ring (bicyclic) bond motifs is 1. The predicted octanol–water partition coefficient (Wildman–Crippen LogP) is 3.70. The van der Waals surface area contributed by atoms with Gasteiger partial charge in [0, 0.05) is 32.5 Å². The quantitative estimate of drug-likeness (QED) is 0.284. The standard InChI is InChI=1S/C29H30FN5O4/c30-22-6-2-20(3-7-22)16-23(36)17-21-4-8-24(9-5-21)39-29-25-18-26(34-27(25)32-19-33-29)28(37)31-10-1-11-35-12-14-38-15-13-35/h2-9,18-19H,1,10-17H2,(H,31,37)(H,32,33,34). The summed E-state index contributed by atoms with van der Waals surface area (Å²) in [4.78, 5) is 38.9. The summed E-state index contributed by atoms with van der Waals surface area (Å²) in [6, 6.07) is 14.8. The molecule has 0 radical (unpaired) electrons. The molecule has 0 bridgehead atoms.